The van der Waals surface area contributed by atoms with Crippen LogP contribution in [0.4, 0.5) is 4.79 Å². The summed E-state index contributed by atoms with van der Waals surface area (Å²) in [6.07, 6.45) is 2.88. The molecule has 1 aliphatic carbocycles. The van der Waals surface area contributed by atoms with Crippen LogP contribution in [0.3, 0.4) is 0 Å². The van der Waals surface area contributed by atoms with Gasteiger partial charge < -0.3 is 20.5 Å². The number of urea groups is 1. The smallest absolute Gasteiger partial charge is 0.315 e. The maximum absolute atomic E-state index is 12.4. The summed E-state index contributed by atoms with van der Waals surface area (Å²) < 4.78 is 5.78. The number of carbonyl (C=O) groups is 1. The highest BCUT2D eigenvalue weighted by atomic mass is 16.5. The van der Waals surface area contributed by atoms with E-state index in [0.29, 0.717) is 12.5 Å². The lowest BCUT2D eigenvalue weighted by Gasteiger charge is -2.32. The highest BCUT2D eigenvalue weighted by Crippen LogP contribution is 2.39. The SMILES string of the molecule is Cc1cc(C)c2c(c1)[C@H](NC(=O)N[C@@](C)(CO)C1CC1)CCO2. The number of rotatable bonds is 4. The summed E-state index contributed by atoms with van der Waals surface area (Å²) in [5.41, 5.74) is 2.78. The molecule has 2 atom stereocenters. The molecule has 126 valence electrons. The van der Waals surface area contributed by atoms with E-state index >= 15 is 0 Å². The molecule has 0 saturated heterocycles. The van der Waals surface area contributed by atoms with Gasteiger partial charge in [0.1, 0.15) is 5.75 Å². The quantitative estimate of drug-likeness (QED) is 0.799. The van der Waals surface area contributed by atoms with Gasteiger partial charge in [0.15, 0.2) is 0 Å². The van der Waals surface area contributed by atoms with Gasteiger partial charge in [-0.3, -0.25) is 0 Å². The predicted octanol–water partition coefficient (Wildman–Crippen LogP) is 2.59. The number of hydrogen-bond acceptors (Lipinski definition) is 3. The van der Waals surface area contributed by atoms with E-state index in [1.807, 2.05) is 13.8 Å². The first-order valence-electron chi connectivity index (χ1n) is 8.36. The number of benzene rings is 1. The van der Waals surface area contributed by atoms with Gasteiger partial charge in [-0.15, -0.1) is 0 Å². The van der Waals surface area contributed by atoms with E-state index in [2.05, 4.69) is 29.7 Å². The Balaban J connectivity index is 1.73. The van der Waals surface area contributed by atoms with Crippen LogP contribution in [0, 0.1) is 19.8 Å². The topological polar surface area (TPSA) is 70.6 Å². The van der Waals surface area contributed by atoms with Crippen LogP contribution in [0.2, 0.25) is 0 Å². The average Bonchev–Trinajstić information content (AvgIpc) is 3.33. The number of aliphatic hydroxyl groups excluding tert-OH is 1. The van der Waals surface area contributed by atoms with Crippen molar-refractivity contribution < 1.29 is 14.6 Å². The first-order valence-corrected chi connectivity index (χ1v) is 8.36. The first-order chi connectivity index (χ1) is 10.9. The number of ether oxygens (including phenoxy) is 1. The van der Waals surface area contributed by atoms with Gasteiger partial charge in [0.2, 0.25) is 0 Å². The predicted molar refractivity (Wildman–Crippen MR) is 88.7 cm³/mol. The number of hydrogen-bond donors (Lipinski definition) is 3. The van der Waals surface area contributed by atoms with Gasteiger partial charge in [-0.25, -0.2) is 4.79 Å². The molecule has 1 aromatic carbocycles. The molecule has 2 aliphatic rings. The number of aryl methyl sites for hydroxylation is 2. The van der Waals surface area contributed by atoms with Gasteiger partial charge in [0, 0.05) is 12.0 Å². The molecule has 0 bridgehead atoms. The van der Waals surface area contributed by atoms with Crippen molar-refractivity contribution in [3.8, 4) is 5.75 Å². The lowest BCUT2D eigenvalue weighted by molar-refractivity contribution is 0.152. The van der Waals surface area contributed by atoms with E-state index in [0.717, 1.165) is 41.7 Å². The van der Waals surface area contributed by atoms with Crippen LogP contribution in [0.15, 0.2) is 12.1 Å². The third-order valence-electron chi connectivity index (χ3n) is 4.99. The second-order valence-electron chi connectivity index (χ2n) is 7.14. The van der Waals surface area contributed by atoms with Crippen molar-refractivity contribution in [3.63, 3.8) is 0 Å². The zero-order valence-electron chi connectivity index (χ0n) is 14.1. The molecule has 5 nitrogen and oxygen atoms in total. The Labute approximate surface area is 137 Å². The summed E-state index contributed by atoms with van der Waals surface area (Å²) in [6.45, 7) is 6.56. The van der Waals surface area contributed by atoms with Crippen molar-refractivity contribution in [3.05, 3.63) is 28.8 Å². The Morgan fingerprint density at radius 2 is 2.09 bits per heavy atom. The summed E-state index contributed by atoms with van der Waals surface area (Å²) in [7, 11) is 0. The minimum atomic E-state index is -0.527. The van der Waals surface area contributed by atoms with E-state index in [-0.39, 0.29) is 18.7 Å². The lowest BCUT2D eigenvalue weighted by Crippen LogP contribution is -2.54. The van der Waals surface area contributed by atoms with Crippen molar-refractivity contribution in [2.24, 2.45) is 5.92 Å². The summed E-state index contributed by atoms with van der Waals surface area (Å²) in [4.78, 5) is 12.4. The van der Waals surface area contributed by atoms with E-state index in [9.17, 15) is 9.90 Å². The lowest BCUT2D eigenvalue weighted by atomic mass is 9.95. The van der Waals surface area contributed by atoms with Crippen LogP contribution in [0.5, 0.6) is 5.75 Å². The molecular weight excluding hydrogens is 292 g/mol. The third kappa shape index (κ3) is 3.29. The number of fused-ring (bicyclic) bond motifs is 1. The van der Waals surface area contributed by atoms with Gasteiger partial charge >= 0.3 is 6.03 Å². The summed E-state index contributed by atoms with van der Waals surface area (Å²) in [5, 5.41) is 15.7. The van der Waals surface area contributed by atoms with Gasteiger partial charge in [0.05, 0.1) is 24.8 Å². The van der Waals surface area contributed by atoms with E-state index in [1.54, 1.807) is 0 Å². The Morgan fingerprint density at radius 3 is 2.74 bits per heavy atom. The highest BCUT2D eigenvalue weighted by molar-refractivity contribution is 5.75. The fourth-order valence-corrected chi connectivity index (χ4v) is 3.47. The minimum absolute atomic E-state index is 0.0341. The van der Waals surface area contributed by atoms with Crippen molar-refractivity contribution in [2.75, 3.05) is 13.2 Å². The molecule has 1 aromatic rings. The standard InChI is InChI=1S/C18H26N2O3/c1-11-8-12(2)16-14(9-11)15(6-7-23-16)19-17(22)20-18(3,10-21)13-4-5-13/h8-9,13,15,21H,4-7,10H2,1-3H3,(H2,19,20,22)/t15-,18+/m1/s1. The fourth-order valence-electron chi connectivity index (χ4n) is 3.47. The zero-order chi connectivity index (χ0) is 16.6. The number of aliphatic hydroxyl groups is 1. The molecule has 0 aromatic heterocycles. The second-order valence-corrected chi connectivity index (χ2v) is 7.14. The van der Waals surface area contributed by atoms with Crippen LogP contribution < -0.4 is 15.4 Å². The van der Waals surface area contributed by atoms with Gasteiger partial charge in [-0.1, -0.05) is 17.7 Å². The number of carbonyl (C=O) groups excluding carboxylic acids is 1. The second kappa shape index (κ2) is 6.04. The van der Waals surface area contributed by atoms with Gasteiger partial charge in [0.25, 0.3) is 0 Å². The van der Waals surface area contributed by atoms with Crippen molar-refractivity contribution in [2.45, 2.75) is 51.6 Å². The van der Waals surface area contributed by atoms with Crippen molar-refractivity contribution in [1.29, 1.82) is 0 Å². The first kappa shape index (κ1) is 16.1. The summed E-state index contributed by atoms with van der Waals surface area (Å²) in [6, 6.07) is 3.90. The normalized spacial score (nSPS) is 22.5. The van der Waals surface area contributed by atoms with Gasteiger partial charge in [-0.05, 0) is 45.1 Å². The van der Waals surface area contributed by atoms with E-state index in [1.165, 1.54) is 0 Å². The van der Waals surface area contributed by atoms with Crippen LogP contribution in [-0.2, 0) is 0 Å². The Morgan fingerprint density at radius 1 is 1.35 bits per heavy atom. The molecule has 1 heterocycles. The molecule has 1 fully saturated rings. The summed E-state index contributed by atoms with van der Waals surface area (Å²) in [5.74, 6) is 1.27. The molecule has 3 N–H and O–H groups in total. The fraction of sp³-hybridized carbons (Fsp3) is 0.611. The number of nitrogens with one attached hydrogen (secondary N) is 2. The highest BCUT2D eigenvalue weighted by Gasteiger charge is 2.42. The maximum Gasteiger partial charge on any atom is 0.315 e. The minimum Gasteiger partial charge on any atom is -0.493 e. The molecule has 2 amide bonds. The molecular formula is C18H26N2O3. The van der Waals surface area contributed by atoms with Crippen LogP contribution in [-0.4, -0.2) is 29.9 Å². The monoisotopic (exact) mass is 318 g/mol. The third-order valence-corrected chi connectivity index (χ3v) is 4.99. The molecule has 5 heteroatoms. The molecule has 0 spiro atoms. The van der Waals surface area contributed by atoms with Gasteiger partial charge in [-0.2, -0.15) is 0 Å². The van der Waals surface area contributed by atoms with Crippen LogP contribution in [0.1, 0.15) is 48.9 Å². The average molecular weight is 318 g/mol. The Hall–Kier alpha value is -1.75. The Bertz CT molecular complexity index is 613. The van der Waals surface area contributed by atoms with E-state index in [4.69, 9.17) is 4.74 Å². The van der Waals surface area contributed by atoms with Crippen LogP contribution in [0.25, 0.3) is 0 Å². The number of amides is 2. The maximum atomic E-state index is 12.4. The zero-order valence-corrected chi connectivity index (χ0v) is 14.1. The molecule has 0 radical (unpaired) electrons. The molecule has 23 heavy (non-hydrogen) atoms. The largest absolute Gasteiger partial charge is 0.493 e. The van der Waals surface area contributed by atoms with Crippen LogP contribution >= 0.6 is 0 Å². The van der Waals surface area contributed by atoms with E-state index < -0.39 is 5.54 Å². The molecule has 0 unspecified atom stereocenters. The Kier molecular flexibility index (Phi) is 4.23. The van der Waals surface area contributed by atoms with Crippen molar-refractivity contribution in [1.82, 2.24) is 10.6 Å². The molecule has 3 rings (SSSR count). The molecule has 1 saturated carbocycles. The van der Waals surface area contributed by atoms with Crippen molar-refractivity contribution >= 4 is 6.03 Å². The summed E-state index contributed by atoms with van der Waals surface area (Å²) >= 11 is 0. The molecule has 1 aliphatic heterocycles.